The number of nitrogens with one attached hydrogen (secondary N) is 1. The summed E-state index contributed by atoms with van der Waals surface area (Å²) in [6.07, 6.45) is 15.4. The average molecular weight is 391 g/mol. The molecule has 0 spiro atoms. The van der Waals surface area contributed by atoms with E-state index in [2.05, 4.69) is 17.5 Å². The van der Waals surface area contributed by atoms with Crippen molar-refractivity contribution < 1.29 is 19.4 Å². The lowest BCUT2D eigenvalue weighted by Crippen LogP contribution is -2.36. The molecule has 6 nitrogen and oxygen atoms in total. The second kappa shape index (κ2) is 15.5. The van der Waals surface area contributed by atoms with Crippen molar-refractivity contribution in [2.45, 2.75) is 64.2 Å². The molecule has 0 fully saturated rings. The smallest absolute Gasteiger partial charge is 0.309 e. The minimum Gasteiger partial charge on any atom is -0.504 e. The monoisotopic (exact) mass is 390 g/mol. The maximum Gasteiger partial charge on any atom is 0.309 e. The van der Waals surface area contributed by atoms with Gasteiger partial charge in [-0.05, 0) is 50.7 Å². The van der Waals surface area contributed by atoms with E-state index in [1.165, 1.54) is 19.3 Å². The predicted molar refractivity (Wildman–Crippen MR) is 111 cm³/mol. The highest BCUT2D eigenvalue weighted by molar-refractivity contribution is 6.34. The number of benzene rings is 1. The van der Waals surface area contributed by atoms with E-state index in [9.17, 15) is 14.7 Å². The lowest BCUT2D eigenvalue weighted by molar-refractivity contribution is -0.137. The summed E-state index contributed by atoms with van der Waals surface area (Å²) in [4.78, 5) is 21.5. The number of para-hydroxylation sites is 2. The van der Waals surface area contributed by atoms with E-state index in [0.717, 1.165) is 44.9 Å². The summed E-state index contributed by atoms with van der Waals surface area (Å²) in [6.45, 7) is 1.15. The molecule has 0 aliphatic carbocycles. The fourth-order valence-corrected chi connectivity index (χ4v) is 2.74. The molecule has 0 radical (unpaired) electrons. The van der Waals surface area contributed by atoms with Crippen molar-refractivity contribution in [1.29, 1.82) is 0 Å². The van der Waals surface area contributed by atoms with E-state index in [1.54, 1.807) is 18.2 Å². The molecular formula is C22H34N2O4. The van der Waals surface area contributed by atoms with Gasteiger partial charge >= 0.3 is 11.8 Å². The standard InChI is InChI=1S/C22H34N2O4/c23-21(26)22(27)24-17-13-9-7-5-3-1-2-4-6-8-10-14-18-28-20-16-12-11-15-19(20)25/h1,3,11-12,15-16,25H,2,4-10,13-14,17-18H2,(H2,23,26)(H,24,27)/b3-1-. The SMILES string of the molecule is NC(=O)C(=O)NCCCCC/C=C\CCCCCCCOc1ccccc1O. The third kappa shape index (κ3) is 12.0. The zero-order valence-electron chi connectivity index (χ0n) is 16.7. The summed E-state index contributed by atoms with van der Waals surface area (Å²) in [7, 11) is 0. The number of hydrogen-bond donors (Lipinski definition) is 3. The molecule has 0 unspecified atom stereocenters. The molecule has 2 amide bonds. The minimum absolute atomic E-state index is 0.198. The number of hydrogen-bond acceptors (Lipinski definition) is 4. The van der Waals surface area contributed by atoms with Gasteiger partial charge in [0, 0.05) is 6.54 Å². The second-order valence-corrected chi connectivity index (χ2v) is 6.81. The van der Waals surface area contributed by atoms with E-state index in [4.69, 9.17) is 10.5 Å². The van der Waals surface area contributed by atoms with Gasteiger partial charge in [-0.15, -0.1) is 0 Å². The normalized spacial score (nSPS) is 10.9. The summed E-state index contributed by atoms with van der Waals surface area (Å²) in [5.41, 5.74) is 4.85. The van der Waals surface area contributed by atoms with Crippen molar-refractivity contribution in [3.05, 3.63) is 36.4 Å². The maximum atomic E-state index is 10.9. The first-order valence-electron chi connectivity index (χ1n) is 10.2. The molecule has 0 aliphatic rings. The largest absolute Gasteiger partial charge is 0.504 e. The molecule has 0 saturated carbocycles. The molecule has 156 valence electrons. The van der Waals surface area contributed by atoms with E-state index in [1.807, 2.05) is 6.07 Å². The van der Waals surface area contributed by atoms with Gasteiger partial charge in [-0.1, -0.05) is 50.0 Å². The highest BCUT2D eigenvalue weighted by atomic mass is 16.5. The average Bonchev–Trinajstić information content (AvgIpc) is 2.68. The Hall–Kier alpha value is -2.50. The van der Waals surface area contributed by atoms with Crippen LogP contribution >= 0.6 is 0 Å². The number of carbonyl (C=O) groups excluding carboxylic acids is 2. The Labute approximate surface area is 168 Å². The van der Waals surface area contributed by atoms with Crippen LogP contribution in [0.1, 0.15) is 64.2 Å². The summed E-state index contributed by atoms with van der Waals surface area (Å²) >= 11 is 0. The Balaban J connectivity index is 1.83. The van der Waals surface area contributed by atoms with Crippen LogP contribution in [0.4, 0.5) is 0 Å². The highest BCUT2D eigenvalue weighted by Gasteiger charge is 2.05. The van der Waals surface area contributed by atoms with Gasteiger partial charge in [-0.3, -0.25) is 9.59 Å². The number of phenols is 1. The fourth-order valence-electron chi connectivity index (χ4n) is 2.74. The Bertz CT molecular complexity index is 602. The van der Waals surface area contributed by atoms with Crippen molar-refractivity contribution in [2.75, 3.05) is 13.2 Å². The molecule has 0 atom stereocenters. The third-order valence-corrected chi connectivity index (χ3v) is 4.36. The fraction of sp³-hybridized carbons (Fsp3) is 0.545. The topological polar surface area (TPSA) is 102 Å². The van der Waals surface area contributed by atoms with E-state index in [0.29, 0.717) is 18.9 Å². The number of phenolic OH excluding ortho intramolecular Hbond substituents is 1. The van der Waals surface area contributed by atoms with Crippen LogP contribution in [0.3, 0.4) is 0 Å². The van der Waals surface area contributed by atoms with Gasteiger partial charge in [0.1, 0.15) is 0 Å². The number of amides is 2. The molecule has 6 heteroatoms. The first-order chi connectivity index (χ1) is 13.6. The van der Waals surface area contributed by atoms with E-state index >= 15 is 0 Å². The number of unbranched alkanes of at least 4 members (excludes halogenated alkanes) is 8. The number of aromatic hydroxyl groups is 1. The lowest BCUT2D eigenvalue weighted by atomic mass is 10.1. The predicted octanol–water partition coefficient (Wildman–Crippen LogP) is 3.83. The number of primary amides is 1. The molecule has 1 rings (SSSR count). The Morgan fingerprint density at radius 2 is 1.54 bits per heavy atom. The third-order valence-electron chi connectivity index (χ3n) is 4.36. The van der Waals surface area contributed by atoms with Crippen molar-refractivity contribution in [3.8, 4) is 11.5 Å². The zero-order valence-corrected chi connectivity index (χ0v) is 16.7. The number of ether oxygens (including phenoxy) is 1. The van der Waals surface area contributed by atoms with Gasteiger partial charge in [0.25, 0.3) is 0 Å². The number of allylic oxidation sites excluding steroid dienone is 2. The highest BCUT2D eigenvalue weighted by Crippen LogP contribution is 2.24. The number of nitrogens with two attached hydrogens (primary N) is 1. The minimum atomic E-state index is -0.927. The van der Waals surface area contributed by atoms with Crippen LogP contribution in [-0.4, -0.2) is 30.1 Å². The van der Waals surface area contributed by atoms with Gasteiger partial charge in [-0.2, -0.15) is 0 Å². The second-order valence-electron chi connectivity index (χ2n) is 6.81. The van der Waals surface area contributed by atoms with Crippen LogP contribution in [0.25, 0.3) is 0 Å². The van der Waals surface area contributed by atoms with Crippen LogP contribution in [-0.2, 0) is 9.59 Å². The molecule has 0 aliphatic heterocycles. The summed E-state index contributed by atoms with van der Waals surface area (Å²) in [5.74, 6) is -0.876. The van der Waals surface area contributed by atoms with Crippen LogP contribution in [0, 0.1) is 0 Å². The van der Waals surface area contributed by atoms with Crippen molar-refractivity contribution in [2.24, 2.45) is 5.73 Å². The number of rotatable bonds is 15. The Morgan fingerprint density at radius 1 is 0.929 bits per heavy atom. The first kappa shape index (κ1) is 23.5. The Kier molecular flexibility index (Phi) is 13.1. The molecule has 4 N–H and O–H groups in total. The van der Waals surface area contributed by atoms with E-state index < -0.39 is 11.8 Å². The molecule has 0 aromatic heterocycles. The summed E-state index contributed by atoms with van der Waals surface area (Å²) in [5, 5.41) is 12.1. The van der Waals surface area contributed by atoms with Crippen molar-refractivity contribution in [1.82, 2.24) is 5.32 Å². The molecule has 28 heavy (non-hydrogen) atoms. The molecule has 0 saturated heterocycles. The van der Waals surface area contributed by atoms with Crippen molar-refractivity contribution >= 4 is 11.8 Å². The zero-order chi connectivity index (χ0) is 20.5. The van der Waals surface area contributed by atoms with Crippen LogP contribution < -0.4 is 15.8 Å². The molecular weight excluding hydrogens is 356 g/mol. The maximum absolute atomic E-state index is 10.9. The van der Waals surface area contributed by atoms with Crippen LogP contribution in [0.2, 0.25) is 0 Å². The van der Waals surface area contributed by atoms with E-state index in [-0.39, 0.29) is 5.75 Å². The summed E-state index contributed by atoms with van der Waals surface area (Å²) < 4.78 is 5.56. The van der Waals surface area contributed by atoms with Gasteiger partial charge in [0.15, 0.2) is 11.5 Å². The van der Waals surface area contributed by atoms with Gasteiger partial charge in [0.2, 0.25) is 0 Å². The van der Waals surface area contributed by atoms with Crippen LogP contribution in [0.15, 0.2) is 36.4 Å². The Morgan fingerprint density at radius 3 is 2.21 bits per heavy atom. The van der Waals surface area contributed by atoms with Crippen LogP contribution in [0.5, 0.6) is 11.5 Å². The van der Waals surface area contributed by atoms with Gasteiger partial charge < -0.3 is 20.9 Å². The van der Waals surface area contributed by atoms with Gasteiger partial charge in [-0.25, -0.2) is 0 Å². The van der Waals surface area contributed by atoms with Gasteiger partial charge in [0.05, 0.1) is 6.61 Å². The lowest BCUT2D eigenvalue weighted by Gasteiger charge is -2.07. The molecule has 1 aromatic carbocycles. The summed E-state index contributed by atoms with van der Waals surface area (Å²) in [6, 6.07) is 7.05. The molecule has 1 aromatic rings. The molecule has 0 bridgehead atoms. The van der Waals surface area contributed by atoms with Crippen molar-refractivity contribution in [3.63, 3.8) is 0 Å². The molecule has 0 heterocycles. The number of carbonyl (C=O) groups is 2. The quantitative estimate of drug-likeness (QED) is 0.241. The first-order valence-corrected chi connectivity index (χ1v) is 10.2.